The lowest BCUT2D eigenvalue weighted by atomic mass is 10.3. The van der Waals surface area contributed by atoms with Crippen molar-refractivity contribution in [2.24, 2.45) is 0 Å². The Bertz CT molecular complexity index is 552. The van der Waals surface area contributed by atoms with Crippen molar-refractivity contribution < 1.29 is 4.79 Å². The number of carbonyl (C=O) groups excluding carboxylic acids is 1. The van der Waals surface area contributed by atoms with Crippen LogP contribution in [0.4, 0.5) is 0 Å². The van der Waals surface area contributed by atoms with Gasteiger partial charge in [0.2, 0.25) is 0 Å². The van der Waals surface area contributed by atoms with Gasteiger partial charge in [0.15, 0.2) is 11.3 Å². The van der Waals surface area contributed by atoms with E-state index in [2.05, 4.69) is 21.5 Å². The molecular weight excluding hydrogens is 248 g/mol. The second kappa shape index (κ2) is 5.86. The maximum absolute atomic E-state index is 12.0. The molecular formula is C12H16N4OS. The van der Waals surface area contributed by atoms with E-state index in [0.29, 0.717) is 17.9 Å². The molecule has 6 heteroatoms. The van der Waals surface area contributed by atoms with E-state index in [4.69, 9.17) is 0 Å². The SMILES string of the molecule is CSCCCNC(=O)c1nccn2cc(C)nc12. The first-order chi connectivity index (χ1) is 8.72. The highest BCUT2D eigenvalue weighted by molar-refractivity contribution is 7.98. The zero-order valence-electron chi connectivity index (χ0n) is 10.5. The summed E-state index contributed by atoms with van der Waals surface area (Å²) in [5.74, 6) is 0.882. The van der Waals surface area contributed by atoms with E-state index in [-0.39, 0.29) is 5.91 Å². The molecule has 2 heterocycles. The Morgan fingerprint density at radius 3 is 3.17 bits per heavy atom. The molecule has 1 amide bonds. The number of fused-ring (bicyclic) bond motifs is 1. The van der Waals surface area contributed by atoms with Crippen molar-refractivity contribution >= 4 is 23.3 Å². The highest BCUT2D eigenvalue weighted by atomic mass is 32.2. The molecule has 0 fully saturated rings. The van der Waals surface area contributed by atoms with Gasteiger partial charge in [0, 0.05) is 25.1 Å². The van der Waals surface area contributed by atoms with Gasteiger partial charge in [0.05, 0.1) is 5.69 Å². The van der Waals surface area contributed by atoms with Crippen LogP contribution in [0.15, 0.2) is 18.6 Å². The zero-order valence-corrected chi connectivity index (χ0v) is 11.3. The van der Waals surface area contributed by atoms with Crippen molar-refractivity contribution in [3.8, 4) is 0 Å². The molecule has 18 heavy (non-hydrogen) atoms. The number of aromatic nitrogens is 3. The first kappa shape index (κ1) is 12.9. The standard InChI is InChI=1S/C12H16N4OS/c1-9-8-16-6-5-13-10(11(16)15-9)12(17)14-4-3-7-18-2/h5-6,8H,3-4,7H2,1-2H3,(H,14,17). The van der Waals surface area contributed by atoms with Crippen LogP contribution >= 0.6 is 11.8 Å². The van der Waals surface area contributed by atoms with Gasteiger partial charge in [0.1, 0.15) is 0 Å². The number of hydrogen-bond donors (Lipinski definition) is 1. The molecule has 0 radical (unpaired) electrons. The molecule has 2 aromatic rings. The maximum Gasteiger partial charge on any atom is 0.273 e. The smallest absolute Gasteiger partial charge is 0.273 e. The molecule has 5 nitrogen and oxygen atoms in total. The van der Waals surface area contributed by atoms with E-state index in [1.165, 1.54) is 0 Å². The molecule has 0 saturated heterocycles. The lowest BCUT2D eigenvalue weighted by Crippen LogP contribution is -2.26. The second-order valence-corrected chi connectivity index (χ2v) is 4.98. The summed E-state index contributed by atoms with van der Waals surface area (Å²) in [4.78, 5) is 20.4. The predicted octanol–water partition coefficient (Wildman–Crippen LogP) is 1.52. The van der Waals surface area contributed by atoms with Gasteiger partial charge in [-0.2, -0.15) is 11.8 Å². The lowest BCUT2D eigenvalue weighted by molar-refractivity contribution is 0.0950. The Balaban J connectivity index is 2.12. The average molecular weight is 264 g/mol. The molecule has 2 aromatic heterocycles. The van der Waals surface area contributed by atoms with Crippen LogP contribution in [-0.2, 0) is 0 Å². The first-order valence-electron chi connectivity index (χ1n) is 5.80. The zero-order chi connectivity index (χ0) is 13.0. The normalized spacial score (nSPS) is 10.8. The van der Waals surface area contributed by atoms with Crippen LogP contribution in [0, 0.1) is 6.92 Å². The third-order valence-corrected chi connectivity index (χ3v) is 3.22. The summed E-state index contributed by atoms with van der Waals surface area (Å²) >= 11 is 1.77. The number of nitrogens with one attached hydrogen (secondary N) is 1. The minimum absolute atomic E-state index is 0.160. The van der Waals surface area contributed by atoms with Gasteiger partial charge >= 0.3 is 0 Å². The van der Waals surface area contributed by atoms with Crippen LogP contribution in [0.5, 0.6) is 0 Å². The van der Waals surface area contributed by atoms with Gasteiger partial charge in [-0.05, 0) is 25.4 Å². The summed E-state index contributed by atoms with van der Waals surface area (Å²) in [7, 11) is 0. The van der Waals surface area contributed by atoms with E-state index < -0.39 is 0 Å². The maximum atomic E-state index is 12.0. The van der Waals surface area contributed by atoms with E-state index in [0.717, 1.165) is 17.9 Å². The molecule has 0 aromatic carbocycles. The molecule has 0 saturated carbocycles. The largest absolute Gasteiger partial charge is 0.351 e. The first-order valence-corrected chi connectivity index (χ1v) is 7.19. The van der Waals surface area contributed by atoms with Gasteiger partial charge in [-0.3, -0.25) is 4.79 Å². The fraction of sp³-hybridized carbons (Fsp3) is 0.417. The molecule has 2 rings (SSSR count). The highest BCUT2D eigenvalue weighted by Gasteiger charge is 2.13. The van der Waals surface area contributed by atoms with E-state index >= 15 is 0 Å². The topological polar surface area (TPSA) is 59.3 Å². The van der Waals surface area contributed by atoms with Crippen LogP contribution < -0.4 is 5.32 Å². The summed E-state index contributed by atoms with van der Waals surface area (Å²) < 4.78 is 1.82. The summed E-state index contributed by atoms with van der Waals surface area (Å²) in [5, 5.41) is 2.87. The number of carbonyl (C=O) groups is 1. The number of nitrogens with zero attached hydrogens (tertiary/aromatic N) is 3. The van der Waals surface area contributed by atoms with Crippen molar-refractivity contribution in [1.29, 1.82) is 0 Å². The Hall–Kier alpha value is -1.56. The Kier molecular flexibility index (Phi) is 4.19. The quantitative estimate of drug-likeness (QED) is 0.832. The van der Waals surface area contributed by atoms with Gasteiger partial charge in [-0.25, -0.2) is 9.97 Å². The number of imidazole rings is 1. The van der Waals surface area contributed by atoms with Crippen LogP contribution in [0.25, 0.3) is 5.65 Å². The highest BCUT2D eigenvalue weighted by Crippen LogP contribution is 2.08. The molecule has 0 atom stereocenters. The molecule has 0 aliphatic rings. The minimum atomic E-state index is -0.160. The van der Waals surface area contributed by atoms with Crippen molar-refractivity contribution in [1.82, 2.24) is 19.7 Å². The number of aryl methyl sites for hydroxylation is 1. The number of thioether (sulfide) groups is 1. The van der Waals surface area contributed by atoms with E-state index in [9.17, 15) is 4.79 Å². The van der Waals surface area contributed by atoms with Crippen LogP contribution in [-0.4, -0.2) is 38.8 Å². The van der Waals surface area contributed by atoms with Gasteiger partial charge in [-0.1, -0.05) is 0 Å². The van der Waals surface area contributed by atoms with Crippen LogP contribution in [0.2, 0.25) is 0 Å². The van der Waals surface area contributed by atoms with Crippen molar-refractivity contribution in [3.63, 3.8) is 0 Å². The monoisotopic (exact) mass is 264 g/mol. The third-order valence-electron chi connectivity index (χ3n) is 2.52. The fourth-order valence-corrected chi connectivity index (χ4v) is 2.14. The second-order valence-electron chi connectivity index (χ2n) is 3.99. The predicted molar refractivity (Wildman–Crippen MR) is 73.1 cm³/mol. The minimum Gasteiger partial charge on any atom is -0.351 e. The number of rotatable bonds is 5. The molecule has 0 unspecified atom stereocenters. The number of hydrogen-bond acceptors (Lipinski definition) is 4. The van der Waals surface area contributed by atoms with Crippen molar-refractivity contribution in [2.75, 3.05) is 18.6 Å². The fourth-order valence-electron chi connectivity index (χ4n) is 1.70. The summed E-state index contributed by atoms with van der Waals surface area (Å²) in [6.07, 6.45) is 8.30. The van der Waals surface area contributed by atoms with Crippen molar-refractivity contribution in [3.05, 3.63) is 30.0 Å². The van der Waals surface area contributed by atoms with Crippen LogP contribution in [0.1, 0.15) is 22.6 Å². The van der Waals surface area contributed by atoms with Gasteiger partial charge in [-0.15, -0.1) is 0 Å². The third kappa shape index (κ3) is 2.81. The summed E-state index contributed by atoms with van der Waals surface area (Å²) in [5.41, 5.74) is 1.87. The number of amides is 1. The average Bonchev–Trinajstić information content (AvgIpc) is 2.74. The Labute approximate surface area is 110 Å². The lowest BCUT2D eigenvalue weighted by Gasteiger charge is -2.04. The summed E-state index contributed by atoms with van der Waals surface area (Å²) in [6, 6.07) is 0. The summed E-state index contributed by atoms with van der Waals surface area (Å²) in [6.45, 7) is 2.56. The molecule has 96 valence electrons. The molecule has 0 aliphatic heterocycles. The van der Waals surface area contributed by atoms with E-state index in [1.54, 1.807) is 24.2 Å². The van der Waals surface area contributed by atoms with Crippen LogP contribution in [0.3, 0.4) is 0 Å². The molecule has 0 spiro atoms. The van der Waals surface area contributed by atoms with Gasteiger partial charge < -0.3 is 9.72 Å². The molecule has 1 N–H and O–H groups in total. The molecule has 0 aliphatic carbocycles. The Morgan fingerprint density at radius 2 is 2.39 bits per heavy atom. The van der Waals surface area contributed by atoms with Gasteiger partial charge in [0.25, 0.3) is 5.91 Å². The molecule has 0 bridgehead atoms. The Morgan fingerprint density at radius 1 is 1.56 bits per heavy atom. The van der Waals surface area contributed by atoms with E-state index in [1.807, 2.05) is 17.5 Å². The van der Waals surface area contributed by atoms with Crippen molar-refractivity contribution in [2.45, 2.75) is 13.3 Å².